The van der Waals surface area contributed by atoms with Crippen LogP contribution in [0.3, 0.4) is 0 Å². The van der Waals surface area contributed by atoms with E-state index in [0.29, 0.717) is 30.0 Å². The number of thiazole rings is 1. The zero-order chi connectivity index (χ0) is 30.2. The van der Waals surface area contributed by atoms with Crippen molar-refractivity contribution in [2.75, 3.05) is 6.54 Å². The molecular weight excluding hydrogens is 552 g/mol. The predicted molar refractivity (Wildman–Crippen MR) is 155 cm³/mol. The number of aromatic nitrogens is 1. The second-order valence-electron chi connectivity index (χ2n) is 11.0. The monoisotopic (exact) mass is 587 g/mol. The molecule has 3 rings (SSSR count). The van der Waals surface area contributed by atoms with Crippen molar-refractivity contribution in [2.24, 2.45) is 9.98 Å². The van der Waals surface area contributed by atoms with E-state index < -0.39 is 23.4 Å². The second kappa shape index (κ2) is 13.5. The van der Waals surface area contributed by atoms with Crippen LogP contribution in [0.5, 0.6) is 0 Å². The Bertz CT molecular complexity index is 1430. The van der Waals surface area contributed by atoms with Gasteiger partial charge in [0.1, 0.15) is 22.8 Å². The van der Waals surface area contributed by atoms with Crippen molar-refractivity contribution in [2.45, 2.75) is 65.7 Å². The topological polar surface area (TPSA) is 106 Å². The molecule has 2 aromatic carbocycles. The van der Waals surface area contributed by atoms with E-state index in [4.69, 9.17) is 9.47 Å². The van der Waals surface area contributed by atoms with Crippen LogP contribution >= 0.6 is 11.3 Å². The van der Waals surface area contributed by atoms with E-state index in [-0.39, 0.29) is 17.6 Å². The lowest BCUT2D eigenvalue weighted by Crippen LogP contribution is -2.44. The van der Waals surface area contributed by atoms with Gasteiger partial charge in [-0.1, -0.05) is 0 Å². The van der Waals surface area contributed by atoms with E-state index in [1.54, 1.807) is 65.8 Å². The largest absolute Gasteiger partial charge is 0.444 e. The normalized spacial score (nSPS) is 12.7. The summed E-state index contributed by atoms with van der Waals surface area (Å²) in [6, 6.07) is 12.0. The van der Waals surface area contributed by atoms with E-state index >= 15 is 0 Å². The average Bonchev–Trinajstić information content (AvgIpc) is 3.23. The first-order chi connectivity index (χ1) is 19.2. The second-order valence-corrected chi connectivity index (χ2v) is 11.8. The number of rotatable bonds is 6. The molecule has 0 saturated heterocycles. The van der Waals surface area contributed by atoms with Crippen molar-refractivity contribution in [3.63, 3.8) is 0 Å². The summed E-state index contributed by atoms with van der Waals surface area (Å²) in [4.78, 5) is 33.9. The van der Waals surface area contributed by atoms with Crippen LogP contribution in [0.2, 0.25) is 0 Å². The third-order valence-corrected chi connectivity index (χ3v) is 5.92. The molecule has 0 saturated carbocycles. The molecule has 0 fully saturated rings. The van der Waals surface area contributed by atoms with E-state index in [1.807, 2.05) is 9.95 Å². The van der Waals surface area contributed by atoms with Gasteiger partial charge in [0, 0.05) is 18.5 Å². The number of ether oxygens (including phenoxy) is 2. The van der Waals surface area contributed by atoms with Crippen LogP contribution in [0.4, 0.5) is 24.1 Å². The third-order valence-electron chi connectivity index (χ3n) is 5.06. The molecular formula is C29H35F2N5O4S. The van der Waals surface area contributed by atoms with Crippen molar-refractivity contribution in [1.82, 2.24) is 15.2 Å². The first kappa shape index (κ1) is 31.5. The zero-order valence-electron chi connectivity index (χ0n) is 24.0. The van der Waals surface area contributed by atoms with Crippen LogP contribution in [-0.2, 0) is 16.0 Å². The van der Waals surface area contributed by atoms with Crippen molar-refractivity contribution >= 4 is 35.2 Å². The third kappa shape index (κ3) is 10.8. The predicted octanol–water partition coefficient (Wildman–Crippen LogP) is 6.52. The summed E-state index contributed by atoms with van der Waals surface area (Å²) in [5.74, 6) is -0.811. The molecule has 0 atom stereocenters. The number of amides is 2. The quantitative estimate of drug-likeness (QED) is 0.194. The first-order valence-electron chi connectivity index (χ1n) is 13.0. The Morgan fingerprint density at radius 3 is 2.07 bits per heavy atom. The van der Waals surface area contributed by atoms with Crippen LogP contribution < -0.4 is 15.4 Å². The standard InChI is InChI=1S/C29H35F2N5O4S/c1-28(2,3)39-26(37)34-24(35-27(38)40-29(4,5)6)32-16-7-17-36-23(19-8-10-20(30)11-9-19)18-41-25(36)33-22-14-12-21(31)13-15-22/h8-15,18H,7,16-17H2,1-6H3,(H2,32,34,35,37,38). The number of carbonyl (C=O) groups is 2. The molecule has 2 N–H and O–H groups in total. The molecule has 1 heterocycles. The first-order valence-corrected chi connectivity index (χ1v) is 13.9. The highest BCUT2D eigenvalue weighted by molar-refractivity contribution is 7.07. The number of aliphatic imine (C=N–C) groups is 1. The van der Waals surface area contributed by atoms with Gasteiger partial charge in [0.05, 0.1) is 11.4 Å². The van der Waals surface area contributed by atoms with Gasteiger partial charge in [-0.15, -0.1) is 16.3 Å². The van der Waals surface area contributed by atoms with Gasteiger partial charge in [0.25, 0.3) is 0 Å². The molecule has 220 valence electrons. The molecule has 0 aliphatic heterocycles. The summed E-state index contributed by atoms with van der Waals surface area (Å²) in [7, 11) is 0. The number of alkyl carbamates (subject to hydrolysis) is 1. The van der Waals surface area contributed by atoms with Crippen molar-refractivity contribution in [3.05, 3.63) is 70.3 Å². The minimum Gasteiger partial charge on any atom is -0.444 e. The van der Waals surface area contributed by atoms with Gasteiger partial charge >= 0.3 is 12.2 Å². The molecule has 41 heavy (non-hydrogen) atoms. The molecule has 0 radical (unpaired) electrons. The fourth-order valence-corrected chi connectivity index (χ4v) is 4.40. The van der Waals surface area contributed by atoms with E-state index in [0.717, 1.165) is 11.3 Å². The Balaban J connectivity index is 1.81. The SMILES string of the molecule is CC(C)(C)OC(=O)/N=C(\NCCCn1c(-c2ccc(F)cc2)csc1=Nc1ccc(F)cc1)NC(=O)OC(C)(C)C. The van der Waals surface area contributed by atoms with Gasteiger partial charge in [-0.2, -0.15) is 0 Å². The van der Waals surface area contributed by atoms with E-state index in [1.165, 1.54) is 35.6 Å². The van der Waals surface area contributed by atoms with Crippen LogP contribution in [0.15, 0.2) is 63.9 Å². The van der Waals surface area contributed by atoms with Gasteiger partial charge in [-0.05, 0) is 102 Å². The summed E-state index contributed by atoms with van der Waals surface area (Å²) in [6.07, 6.45) is -1.13. The maximum absolute atomic E-state index is 13.6. The van der Waals surface area contributed by atoms with Gasteiger partial charge in [-0.25, -0.2) is 23.4 Å². The smallest absolute Gasteiger partial charge is 0.437 e. The Morgan fingerprint density at radius 2 is 1.49 bits per heavy atom. The maximum Gasteiger partial charge on any atom is 0.437 e. The minimum absolute atomic E-state index is 0.112. The lowest BCUT2D eigenvalue weighted by molar-refractivity contribution is 0.0560. The average molecular weight is 588 g/mol. The molecule has 9 nitrogen and oxygen atoms in total. The fraction of sp³-hybridized carbons (Fsp3) is 0.379. The molecule has 0 unspecified atom stereocenters. The summed E-state index contributed by atoms with van der Waals surface area (Å²) in [5, 5.41) is 7.34. The lowest BCUT2D eigenvalue weighted by Gasteiger charge is -2.21. The van der Waals surface area contributed by atoms with Gasteiger partial charge in [0.2, 0.25) is 5.96 Å². The van der Waals surface area contributed by atoms with Crippen LogP contribution in [0, 0.1) is 11.6 Å². The molecule has 2 amide bonds. The Morgan fingerprint density at radius 1 is 0.902 bits per heavy atom. The Kier molecular flexibility index (Phi) is 10.4. The highest BCUT2D eigenvalue weighted by Crippen LogP contribution is 2.22. The highest BCUT2D eigenvalue weighted by atomic mass is 32.1. The van der Waals surface area contributed by atoms with Crippen LogP contribution in [0.1, 0.15) is 48.0 Å². The molecule has 0 aliphatic carbocycles. The van der Waals surface area contributed by atoms with Crippen LogP contribution in [-0.4, -0.2) is 40.5 Å². The number of hydrogen-bond donors (Lipinski definition) is 2. The summed E-state index contributed by atoms with van der Waals surface area (Å²) in [5.41, 5.74) is 0.686. The summed E-state index contributed by atoms with van der Waals surface area (Å²) >= 11 is 1.40. The molecule has 0 bridgehead atoms. The maximum atomic E-state index is 13.6. The number of carbonyl (C=O) groups excluding carboxylic acids is 2. The highest BCUT2D eigenvalue weighted by Gasteiger charge is 2.20. The summed E-state index contributed by atoms with van der Waals surface area (Å²) in [6.45, 7) is 11.1. The minimum atomic E-state index is -0.873. The Labute approximate surface area is 241 Å². The number of nitrogens with zero attached hydrogens (tertiary/aromatic N) is 3. The molecule has 3 aromatic rings. The summed E-state index contributed by atoms with van der Waals surface area (Å²) < 4.78 is 39.5. The fourth-order valence-electron chi connectivity index (χ4n) is 3.44. The number of benzene rings is 2. The number of guanidine groups is 1. The van der Waals surface area contributed by atoms with Crippen molar-refractivity contribution < 1.29 is 27.8 Å². The number of hydrogen-bond acceptors (Lipinski definition) is 6. The lowest BCUT2D eigenvalue weighted by atomic mass is 10.1. The Hall–Kier alpha value is -4.06. The van der Waals surface area contributed by atoms with Crippen molar-refractivity contribution in [1.29, 1.82) is 0 Å². The zero-order valence-corrected chi connectivity index (χ0v) is 24.8. The van der Waals surface area contributed by atoms with Gasteiger partial charge in [0.15, 0.2) is 4.80 Å². The van der Waals surface area contributed by atoms with E-state index in [9.17, 15) is 18.4 Å². The molecule has 0 spiro atoms. The van der Waals surface area contributed by atoms with E-state index in [2.05, 4.69) is 20.6 Å². The number of nitrogens with one attached hydrogen (secondary N) is 2. The van der Waals surface area contributed by atoms with Crippen molar-refractivity contribution in [3.8, 4) is 11.3 Å². The van der Waals surface area contributed by atoms with Gasteiger partial charge < -0.3 is 19.4 Å². The van der Waals surface area contributed by atoms with Crippen LogP contribution in [0.25, 0.3) is 11.3 Å². The van der Waals surface area contributed by atoms with Gasteiger partial charge in [-0.3, -0.25) is 5.32 Å². The molecule has 0 aliphatic rings. The number of halogens is 2. The molecule has 1 aromatic heterocycles. The molecule has 12 heteroatoms.